The molecule has 0 aliphatic carbocycles. The molecule has 0 saturated carbocycles. The van der Waals surface area contributed by atoms with Crippen LogP contribution < -0.4 is 5.73 Å². The van der Waals surface area contributed by atoms with Gasteiger partial charge in [0.1, 0.15) is 0 Å². The lowest BCUT2D eigenvalue weighted by atomic mass is 10.2. The Kier molecular flexibility index (Phi) is 3.95. The first kappa shape index (κ1) is 8.01. The van der Waals surface area contributed by atoms with Crippen LogP contribution in [0.25, 0.3) is 0 Å². The fourth-order valence-corrected chi connectivity index (χ4v) is 0.469. The fraction of sp³-hybridized carbons (Fsp3) is 0.800. The molecule has 0 radical (unpaired) electrons. The minimum Gasteiger partial charge on any atom is -0.388 e. The van der Waals surface area contributed by atoms with Crippen LogP contribution >= 0.6 is 12.2 Å². The molecule has 8 heavy (non-hydrogen) atoms. The Balaban J connectivity index is 3.33. The second-order valence-electron chi connectivity index (χ2n) is 1.68. The van der Waals surface area contributed by atoms with Gasteiger partial charge >= 0.3 is 0 Å². The lowest BCUT2D eigenvalue weighted by Crippen LogP contribution is -2.17. The van der Waals surface area contributed by atoms with Gasteiger partial charge in [0, 0.05) is 4.86 Å². The van der Waals surface area contributed by atoms with Gasteiger partial charge in [-0.25, -0.2) is 0 Å². The lowest BCUT2D eigenvalue weighted by molar-refractivity contribution is 0.262. The molecule has 0 aromatic carbocycles. The van der Waals surface area contributed by atoms with Crippen LogP contribution in [-0.4, -0.2) is 22.6 Å². The molecule has 0 amide bonds. The van der Waals surface area contributed by atoms with E-state index in [1.807, 2.05) is 0 Å². The van der Waals surface area contributed by atoms with E-state index in [-0.39, 0.29) is 0 Å². The first-order chi connectivity index (χ1) is 3.68. The zero-order valence-corrected chi connectivity index (χ0v) is 5.74. The molecular weight excluding hydrogens is 122 g/mol. The number of aliphatic hydroxyl groups is 1. The van der Waals surface area contributed by atoms with E-state index in [0.717, 1.165) is 0 Å². The Morgan fingerprint density at radius 2 is 2.38 bits per heavy atom. The van der Waals surface area contributed by atoms with Gasteiger partial charge in [-0.05, 0) is 19.9 Å². The molecule has 0 heterocycles. The zero-order valence-electron chi connectivity index (χ0n) is 4.92. The van der Waals surface area contributed by atoms with E-state index in [0.29, 0.717) is 17.8 Å². The zero-order chi connectivity index (χ0) is 6.57. The van der Waals surface area contributed by atoms with Crippen molar-refractivity contribution in [1.29, 1.82) is 0 Å². The van der Waals surface area contributed by atoms with Gasteiger partial charge in [0.2, 0.25) is 0 Å². The van der Waals surface area contributed by atoms with Gasteiger partial charge in [-0.3, -0.25) is 0 Å². The number of aliphatic hydroxyl groups excluding tert-OH is 1. The van der Waals surface area contributed by atoms with Gasteiger partial charge in [0.15, 0.2) is 0 Å². The average Bonchev–Trinajstić information content (AvgIpc) is 1.67. The van der Waals surface area contributed by atoms with Gasteiger partial charge < -0.3 is 10.8 Å². The Bertz CT molecular complexity index is 82.5. The Hall–Kier alpha value is 0.01000. The monoisotopic (exact) mass is 133 g/mol. The van der Waals surface area contributed by atoms with Crippen LogP contribution in [0.15, 0.2) is 0 Å². The first-order valence-corrected chi connectivity index (χ1v) is 3.00. The van der Waals surface area contributed by atoms with E-state index in [2.05, 4.69) is 0 Å². The minimum absolute atomic E-state index is 0.478. The van der Waals surface area contributed by atoms with Crippen LogP contribution in [0.3, 0.4) is 0 Å². The normalized spacial score (nSPS) is 13.4. The average molecular weight is 133 g/mol. The quantitative estimate of drug-likeness (QED) is 0.536. The van der Waals surface area contributed by atoms with E-state index in [1.165, 1.54) is 0 Å². The molecule has 0 fully saturated rings. The number of thiocarbonyl (C=S) groups is 1. The predicted molar refractivity (Wildman–Crippen MR) is 38.0 cm³/mol. The second-order valence-corrected chi connectivity index (χ2v) is 2.21. The summed E-state index contributed by atoms with van der Waals surface area (Å²) in [6.45, 7) is 2.18. The highest BCUT2D eigenvalue weighted by Gasteiger charge is 2.00. The summed E-state index contributed by atoms with van der Waals surface area (Å²) in [5.41, 5.74) is 5.17. The van der Waals surface area contributed by atoms with Crippen LogP contribution in [0.5, 0.6) is 0 Å². The molecule has 0 spiro atoms. The summed E-state index contributed by atoms with van der Waals surface area (Å²) in [6, 6.07) is 0. The van der Waals surface area contributed by atoms with Gasteiger partial charge in [0.25, 0.3) is 0 Å². The minimum atomic E-state index is -0.478. The summed E-state index contributed by atoms with van der Waals surface area (Å²) in [7, 11) is 0. The maximum absolute atomic E-state index is 8.76. The highest BCUT2D eigenvalue weighted by Crippen LogP contribution is 1.90. The van der Waals surface area contributed by atoms with Crippen LogP contribution in [0.4, 0.5) is 0 Å². The van der Waals surface area contributed by atoms with Gasteiger partial charge in [0.05, 0.1) is 6.10 Å². The SMILES string of the molecule is CC(O)C(=S)CCN. The summed E-state index contributed by atoms with van der Waals surface area (Å²) in [5, 5.41) is 8.76. The van der Waals surface area contributed by atoms with Crippen molar-refractivity contribution in [2.45, 2.75) is 19.4 Å². The van der Waals surface area contributed by atoms with Crippen molar-refractivity contribution in [1.82, 2.24) is 0 Å². The molecule has 0 aromatic heterocycles. The van der Waals surface area contributed by atoms with Gasteiger partial charge in [-0.1, -0.05) is 12.2 Å². The molecular formula is C5H11NOS. The molecule has 0 aliphatic rings. The molecule has 2 nitrogen and oxygen atoms in total. The molecule has 1 atom stereocenters. The molecule has 0 aromatic rings. The van der Waals surface area contributed by atoms with E-state index < -0.39 is 6.10 Å². The summed E-state index contributed by atoms with van der Waals surface area (Å²) in [4.78, 5) is 0.646. The van der Waals surface area contributed by atoms with Crippen molar-refractivity contribution in [3.63, 3.8) is 0 Å². The largest absolute Gasteiger partial charge is 0.388 e. The number of nitrogens with two attached hydrogens (primary N) is 1. The van der Waals surface area contributed by atoms with Crippen molar-refractivity contribution < 1.29 is 5.11 Å². The Labute approximate surface area is 54.7 Å². The van der Waals surface area contributed by atoms with Crippen LogP contribution in [0, 0.1) is 0 Å². The smallest absolute Gasteiger partial charge is 0.0824 e. The molecule has 48 valence electrons. The van der Waals surface area contributed by atoms with Crippen molar-refractivity contribution >= 4 is 17.1 Å². The van der Waals surface area contributed by atoms with Crippen LogP contribution in [0.1, 0.15) is 13.3 Å². The standard InChI is InChI=1S/C5H11NOS/c1-4(7)5(8)2-3-6/h4,7H,2-3,6H2,1H3. The third-order valence-corrected chi connectivity index (χ3v) is 1.40. The van der Waals surface area contributed by atoms with Crippen molar-refractivity contribution in [3.05, 3.63) is 0 Å². The number of hydrogen-bond donors (Lipinski definition) is 2. The first-order valence-electron chi connectivity index (χ1n) is 2.59. The summed E-state index contributed by atoms with van der Waals surface area (Å²) in [6.07, 6.45) is 0.168. The maximum Gasteiger partial charge on any atom is 0.0824 e. The van der Waals surface area contributed by atoms with E-state index in [4.69, 9.17) is 23.1 Å². The fourth-order valence-electron chi connectivity index (χ4n) is 0.351. The summed E-state index contributed by atoms with van der Waals surface area (Å²) in [5.74, 6) is 0. The van der Waals surface area contributed by atoms with E-state index >= 15 is 0 Å². The van der Waals surface area contributed by atoms with Crippen molar-refractivity contribution in [2.24, 2.45) is 5.73 Å². The maximum atomic E-state index is 8.76. The van der Waals surface area contributed by atoms with Gasteiger partial charge in [-0.2, -0.15) is 0 Å². The van der Waals surface area contributed by atoms with E-state index in [9.17, 15) is 0 Å². The molecule has 0 aliphatic heterocycles. The van der Waals surface area contributed by atoms with Crippen LogP contribution in [0.2, 0.25) is 0 Å². The molecule has 0 saturated heterocycles. The summed E-state index contributed by atoms with van der Waals surface area (Å²) >= 11 is 4.75. The third-order valence-electron chi connectivity index (χ3n) is 0.857. The number of rotatable bonds is 3. The third kappa shape index (κ3) is 3.07. The van der Waals surface area contributed by atoms with E-state index in [1.54, 1.807) is 6.92 Å². The Morgan fingerprint density at radius 1 is 1.88 bits per heavy atom. The highest BCUT2D eigenvalue weighted by molar-refractivity contribution is 7.80. The highest BCUT2D eigenvalue weighted by atomic mass is 32.1. The molecule has 0 bridgehead atoms. The second kappa shape index (κ2) is 3.95. The van der Waals surface area contributed by atoms with Crippen LogP contribution in [-0.2, 0) is 0 Å². The lowest BCUT2D eigenvalue weighted by Gasteiger charge is -2.02. The summed E-state index contributed by atoms with van der Waals surface area (Å²) < 4.78 is 0. The topological polar surface area (TPSA) is 46.2 Å². The molecule has 0 rings (SSSR count). The van der Waals surface area contributed by atoms with Gasteiger partial charge in [-0.15, -0.1) is 0 Å². The van der Waals surface area contributed by atoms with Crippen molar-refractivity contribution in [2.75, 3.05) is 6.54 Å². The van der Waals surface area contributed by atoms with Crippen molar-refractivity contribution in [3.8, 4) is 0 Å². The predicted octanol–water partition coefficient (Wildman–Crippen LogP) is 0.0859. The molecule has 1 unspecified atom stereocenters. The Morgan fingerprint density at radius 3 is 2.50 bits per heavy atom. The molecule has 3 heteroatoms. The number of hydrogen-bond acceptors (Lipinski definition) is 3. The molecule has 3 N–H and O–H groups in total.